The van der Waals surface area contributed by atoms with Gasteiger partial charge >= 0.3 is 19.8 Å². The summed E-state index contributed by atoms with van der Waals surface area (Å²) in [6, 6.07) is 0. The maximum absolute atomic E-state index is 12.6. The topological polar surface area (TPSA) is 147 Å². The van der Waals surface area contributed by atoms with E-state index in [1.807, 2.05) is 0 Å². The number of epoxide rings is 1. The molecule has 1 saturated heterocycles. The highest BCUT2D eigenvalue weighted by Crippen LogP contribution is 2.43. The lowest BCUT2D eigenvalue weighted by molar-refractivity contribution is -0.161. The smallest absolute Gasteiger partial charge is 0.462 e. The number of hydrogen-bond donors (Lipinski definition) is 2. The second kappa shape index (κ2) is 35.4. The van der Waals surface area contributed by atoms with Crippen LogP contribution < -0.4 is 5.73 Å². The van der Waals surface area contributed by atoms with Gasteiger partial charge in [0, 0.05) is 19.4 Å². The molecule has 0 aromatic rings. The van der Waals surface area contributed by atoms with Crippen LogP contribution in [0, 0.1) is 0 Å². The van der Waals surface area contributed by atoms with E-state index in [0.717, 1.165) is 83.5 Å². The minimum Gasteiger partial charge on any atom is -0.462 e. The number of rotatable bonds is 38. The number of ether oxygens (including phenoxy) is 3. The van der Waals surface area contributed by atoms with E-state index in [1.165, 1.54) is 44.9 Å². The summed E-state index contributed by atoms with van der Waals surface area (Å²) in [4.78, 5) is 34.9. The van der Waals surface area contributed by atoms with Crippen LogP contribution in [0.25, 0.3) is 0 Å². The van der Waals surface area contributed by atoms with Crippen LogP contribution in [0.5, 0.6) is 0 Å². The van der Waals surface area contributed by atoms with Crippen molar-refractivity contribution < 1.29 is 42.3 Å². The predicted molar refractivity (Wildman–Crippen MR) is 219 cm³/mol. The Morgan fingerprint density at radius 1 is 0.667 bits per heavy atom. The molecule has 3 unspecified atom stereocenters. The first-order valence-corrected chi connectivity index (χ1v) is 22.7. The molecule has 1 rings (SSSR count). The second-order valence-corrected chi connectivity index (χ2v) is 15.7. The van der Waals surface area contributed by atoms with Gasteiger partial charge in [0.15, 0.2) is 6.10 Å². The first kappa shape index (κ1) is 49.9. The first-order valence-electron chi connectivity index (χ1n) is 21.2. The van der Waals surface area contributed by atoms with E-state index < -0.39 is 32.5 Å². The molecule has 1 fully saturated rings. The summed E-state index contributed by atoms with van der Waals surface area (Å²) in [7, 11) is -4.39. The highest BCUT2D eigenvalue weighted by molar-refractivity contribution is 7.47. The molecule has 1 aliphatic heterocycles. The van der Waals surface area contributed by atoms with Gasteiger partial charge in [0.25, 0.3) is 0 Å². The van der Waals surface area contributed by atoms with Gasteiger partial charge in [-0.15, -0.1) is 0 Å². The average molecular weight is 782 g/mol. The van der Waals surface area contributed by atoms with Crippen molar-refractivity contribution in [3.05, 3.63) is 48.6 Å². The third kappa shape index (κ3) is 32.2. The van der Waals surface area contributed by atoms with E-state index in [2.05, 4.69) is 62.5 Å². The standard InChI is InChI=1S/C43H76NO9P/c1-3-5-7-9-11-12-13-14-15-16-17-18-19-20-21-25-30-34-43(46)52-39(38-51-54(47,48)50-36-35-44)37-49-42(45)33-29-26-22-24-28-32-41-40(53-41)31-27-23-10-8-6-4-2/h11-12,14-15,17-18,23,27,39-41H,3-10,13,16,19-22,24-26,28-38,44H2,1-2H3,(H,47,48)/b12-11-,15-14-,18-17-,27-23-/t39-,40?,41?/m1/s1. The van der Waals surface area contributed by atoms with E-state index in [-0.39, 0.29) is 32.6 Å². The van der Waals surface area contributed by atoms with Crippen molar-refractivity contribution in [3.8, 4) is 0 Å². The molecule has 0 saturated carbocycles. The van der Waals surface area contributed by atoms with E-state index >= 15 is 0 Å². The number of hydrogen-bond acceptors (Lipinski definition) is 9. The van der Waals surface area contributed by atoms with Crippen molar-refractivity contribution in [2.45, 2.75) is 186 Å². The lowest BCUT2D eigenvalue weighted by Crippen LogP contribution is -2.29. The summed E-state index contributed by atoms with van der Waals surface area (Å²) in [6.45, 7) is 3.61. The molecule has 1 aliphatic rings. The molecule has 0 radical (unpaired) electrons. The normalized spacial score (nSPS) is 17.6. The molecule has 10 nitrogen and oxygen atoms in total. The van der Waals surface area contributed by atoms with Gasteiger partial charge in [-0.2, -0.15) is 0 Å². The molecular formula is C43H76NO9P. The Kier molecular flexibility index (Phi) is 32.7. The van der Waals surface area contributed by atoms with Crippen LogP contribution in [0.4, 0.5) is 0 Å². The highest BCUT2D eigenvalue weighted by atomic mass is 31.2. The Labute approximate surface area is 328 Å². The fraction of sp³-hybridized carbons (Fsp3) is 0.767. The lowest BCUT2D eigenvalue weighted by Gasteiger charge is -2.19. The summed E-state index contributed by atoms with van der Waals surface area (Å²) in [6.07, 6.45) is 41.5. The SMILES string of the molecule is CCCCC/C=C\C/C=C\C/C=C\CCCCCCC(=O)O[C@H](COC(=O)CCCCCCCC1OC1C/C=C\CCCCC)COP(=O)(O)OCCN. The molecule has 3 N–H and O–H groups in total. The Hall–Kier alpha value is -2.07. The van der Waals surface area contributed by atoms with E-state index in [4.69, 9.17) is 29.0 Å². The summed E-state index contributed by atoms with van der Waals surface area (Å²) >= 11 is 0. The monoisotopic (exact) mass is 782 g/mol. The molecule has 0 spiro atoms. The van der Waals surface area contributed by atoms with Crippen molar-refractivity contribution in [3.63, 3.8) is 0 Å². The molecule has 0 aromatic heterocycles. The molecule has 11 heteroatoms. The van der Waals surface area contributed by atoms with Gasteiger partial charge in [0.2, 0.25) is 0 Å². The molecule has 0 aliphatic carbocycles. The molecule has 0 aromatic carbocycles. The zero-order valence-electron chi connectivity index (χ0n) is 33.9. The largest absolute Gasteiger partial charge is 0.472 e. The number of carbonyl (C=O) groups excluding carboxylic acids is 2. The molecule has 54 heavy (non-hydrogen) atoms. The van der Waals surface area contributed by atoms with Crippen LogP contribution in [0.2, 0.25) is 0 Å². The maximum atomic E-state index is 12.6. The fourth-order valence-electron chi connectivity index (χ4n) is 5.82. The quantitative estimate of drug-likeness (QED) is 0.0204. The number of allylic oxidation sites excluding steroid dienone is 7. The molecule has 4 atom stereocenters. The van der Waals surface area contributed by atoms with Crippen molar-refractivity contribution in [2.75, 3.05) is 26.4 Å². The van der Waals surface area contributed by atoms with Gasteiger partial charge in [-0.1, -0.05) is 127 Å². The molecule has 0 bridgehead atoms. The molecular weight excluding hydrogens is 705 g/mol. The molecule has 0 amide bonds. The van der Waals surface area contributed by atoms with Gasteiger partial charge in [-0.25, -0.2) is 4.57 Å². The van der Waals surface area contributed by atoms with E-state index in [9.17, 15) is 19.0 Å². The number of esters is 2. The highest BCUT2D eigenvalue weighted by Gasteiger charge is 2.36. The average Bonchev–Trinajstić information content (AvgIpc) is 3.91. The van der Waals surface area contributed by atoms with Gasteiger partial charge < -0.3 is 24.8 Å². The number of phosphoric ester groups is 1. The van der Waals surface area contributed by atoms with Crippen LogP contribution in [0.15, 0.2) is 48.6 Å². The predicted octanol–water partition coefficient (Wildman–Crippen LogP) is 10.9. The zero-order chi connectivity index (χ0) is 39.4. The molecule has 1 heterocycles. The van der Waals surface area contributed by atoms with Crippen molar-refractivity contribution in [1.29, 1.82) is 0 Å². The summed E-state index contributed by atoms with van der Waals surface area (Å²) < 4.78 is 38.5. The Bertz CT molecular complexity index is 1090. The van der Waals surface area contributed by atoms with Crippen LogP contribution in [0.3, 0.4) is 0 Å². The second-order valence-electron chi connectivity index (χ2n) is 14.2. The summed E-state index contributed by atoms with van der Waals surface area (Å²) in [5.41, 5.74) is 5.34. The Morgan fingerprint density at radius 2 is 1.20 bits per heavy atom. The number of carbonyl (C=O) groups is 2. The van der Waals surface area contributed by atoms with E-state index in [1.54, 1.807) is 0 Å². The number of nitrogens with two attached hydrogens (primary N) is 1. The summed E-state index contributed by atoms with van der Waals surface area (Å²) in [5, 5.41) is 0. The van der Waals surface area contributed by atoms with E-state index in [0.29, 0.717) is 25.0 Å². The van der Waals surface area contributed by atoms with Gasteiger partial charge in [0.05, 0.1) is 25.4 Å². The first-order chi connectivity index (χ1) is 26.3. The zero-order valence-corrected chi connectivity index (χ0v) is 34.8. The molecule has 312 valence electrons. The van der Waals surface area contributed by atoms with Crippen LogP contribution in [-0.2, 0) is 37.4 Å². The summed E-state index contributed by atoms with van der Waals surface area (Å²) in [5.74, 6) is -0.880. The minimum atomic E-state index is -4.39. The number of unbranched alkanes of at least 4 members (excludes halogenated alkanes) is 14. The van der Waals surface area contributed by atoms with Gasteiger partial charge in [-0.3, -0.25) is 18.6 Å². The third-order valence-electron chi connectivity index (χ3n) is 9.11. The van der Waals surface area contributed by atoms with Gasteiger partial charge in [0.1, 0.15) is 6.61 Å². The van der Waals surface area contributed by atoms with Crippen LogP contribution in [-0.4, -0.2) is 61.5 Å². The lowest BCUT2D eigenvalue weighted by atomic mass is 10.1. The van der Waals surface area contributed by atoms with Crippen molar-refractivity contribution >= 4 is 19.8 Å². The van der Waals surface area contributed by atoms with Crippen molar-refractivity contribution in [2.24, 2.45) is 5.73 Å². The van der Waals surface area contributed by atoms with Crippen LogP contribution >= 0.6 is 7.82 Å². The van der Waals surface area contributed by atoms with Crippen molar-refractivity contribution in [1.82, 2.24) is 0 Å². The minimum absolute atomic E-state index is 0.0431. The Balaban J connectivity index is 2.22. The van der Waals surface area contributed by atoms with Gasteiger partial charge in [-0.05, 0) is 77.0 Å². The number of phosphoric acid groups is 1. The fourth-order valence-corrected chi connectivity index (χ4v) is 6.59. The van der Waals surface area contributed by atoms with Crippen LogP contribution in [0.1, 0.15) is 168 Å². The Morgan fingerprint density at radius 3 is 1.83 bits per heavy atom. The maximum Gasteiger partial charge on any atom is 0.472 e. The third-order valence-corrected chi connectivity index (χ3v) is 10.1.